The second kappa shape index (κ2) is 9.01. The first-order valence-electron chi connectivity index (χ1n) is 8.63. The van der Waals surface area contributed by atoms with E-state index in [1.807, 2.05) is 30.3 Å². The van der Waals surface area contributed by atoms with Crippen LogP contribution in [-0.4, -0.2) is 61.0 Å². The maximum absolute atomic E-state index is 12.1. The van der Waals surface area contributed by atoms with Crippen LogP contribution in [0.4, 0.5) is 0 Å². The molecule has 1 aromatic carbocycles. The Bertz CT molecular complexity index is 471. The normalized spacial score (nSPS) is 19.3. The van der Waals surface area contributed by atoms with Crippen LogP contribution in [-0.2, 0) is 4.79 Å². The van der Waals surface area contributed by atoms with Gasteiger partial charge in [-0.3, -0.25) is 9.69 Å². The molecule has 5 nitrogen and oxygen atoms in total. The van der Waals surface area contributed by atoms with E-state index in [1.54, 1.807) is 0 Å². The Morgan fingerprint density at radius 3 is 2.48 bits per heavy atom. The van der Waals surface area contributed by atoms with Gasteiger partial charge in [-0.25, -0.2) is 0 Å². The Balaban J connectivity index is 1.70. The summed E-state index contributed by atoms with van der Waals surface area (Å²) in [4.78, 5) is 17.0. The number of hydrogen-bond acceptors (Lipinski definition) is 4. The quantitative estimate of drug-likeness (QED) is 0.793. The summed E-state index contributed by atoms with van der Waals surface area (Å²) in [7, 11) is 0. The molecular weight excluding hydrogens is 288 g/mol. The summed E-state index contributed by atoms with van der Waals surface area (Å²) in [5.41, 5.74) is 7.10. The predicted octanol–water partition coefficient (Wildman–Crippen LogP) is 1.22. The van der Waals surface area contributed by atoms with Crippen molar-refractivity contribution >= 4 is 5.91 Å². The van der Waals surface area contributed by atoms with Crippen LogP contribution >= 0.6 is 0 Å². The molecule has 1 amide bonds. The molecular formula is C18H30N4O. The molecule has 3 N–H and O–H groups in total. The zero-order valence-corrected chi connectivity index (χ0v) is 14.4. The summed E-state index contributed by atoms with van der Waals surface area (Å²) in [5.74, 6) is 0.0281. The summed E-state index contributed by atoms with van der Waals surface area (Å²) in [6.45, 7) is 10.6. The van der Waals surface area contributed by atoms with Gasteiger partial charge in [0.05, 0.1) is 0 Å². The van der Waals surface area contributed by atoms with Gasteiger partial charge in [0.2, 0.25) is 5.91 Å². The zero-order chi connectivity index (χ0) is 16.7. The summed E-state index contributed by atoms with van der Waals surface area (Å²) in [5, 5.41) is 3.03. The van der Waals surface area contributed by atoms with Crippen molar-refractivity contribution in [2.75, 3.05) is 39.3 Å². The van der Waals surface area contributed by atoms with Crippen LogP contribution in [0.1, 0.15) is 31.9 Å². The zero-order valence-electron chi connectivity index (χ0n) is 14.4. The molecule has 0 aromatic heterocycles. The highest BCUT2D eigenvalue weighted by atomic mass is 16.1. The standard InChI is InChI=1S/C18H30N4O/c1-3-21-9-11-22(12-10-21)15(2)14-20-18(23)13-17(19)16-7-5-4-6-8-16/h4-8,15,17H,3,9-14,19H2,1-2H3,(H,20,23). The molecule has 1 fully saturated rings. The van der Waals surface area contributed by atoms with Gasteiger partial charge in [0.25, 0.3) is 0 Å². The van der Waals surface area contributed by atoms with Crippen LogP contribution in [0.15, 0.2) is 30.3 Å². The van der Waals surface area contributed by atoms with Crippen molar-refractivity contribution in [1.82, 2.24) is 15.1 Å². The highest BCUT2D eigenvalue weighted by Crippen LogP contribution is 2.13. The SMILES string of the molecule is CCN1CCN(C(C)CNC(=O)CC(N)c2ccccc2)CC1. The largest absolute Gasteiger partial charge is 0.354 e. The lowest BCUT2D eigenvalue weighted by atomic mass is 10.0. The fourth-order valence-electron chi connectivity index (χ4n) is 3.00. The number of nitrogens with zero attached hydrogens (tertiary/aromatic N) is 2. The Labute approximate surface area is 139 Å². The smallest absolute Gasteiger partial charge is 0.221 e. The lowest BCUT2D eigenvalue weighted by Gasteiger charge is -2.37. The van der Waals surface area contributed by atoms with Crippen LogP contribution in [0, 0.1) is 0 Å². The van der Waals surface area contributed by atoms with E-state index < -0.39 is 0 Å². The maximum atomic E-state index is 12.1. The topological polar surface area (TPSA) is 61.6 Å². The molecule has 2 rings (SSSR count). The Kier molecular flexibility index (Phi) is 7.02. The van der Waals surface area contributed by atoms with E-state index in [-0.39, 0.29) is 11.9 Å². The molecule has 2 unspecified atom stereocenters. The van der Waals surface area contributed by atoms with E-state index in [1.165, 1.54) is 0 Å². The Hall–Kier alpha value is -1.43. The first-order chi connectivity index (χ1) is 11.1. The average Bonchev–Trinajstić information content (AvgIpc) is 2.60. The van der Waals surface area contributed by atoms with Crippen molar-refractivity contribution in [2.45, 2.75) is 32.4 Å². The number of amides is 1. The molecule has 1 heterocycles. The molecule has 0 spiro atoms. The van der Waals surface area contributed by atoms with Crippen LogP contribution in [0.5, 0.6) is 0 Å². The van der Waals surface area contributed by atoms with E-state index >= 15 is 0 Å². The average molecular weight is 318 g/mol. The number of hydrogen-bond donors (Lipinski definition) is 2. The summed E-state index contributed by atoms with van der Waals surface area (Å²) >= 11 is 0. The van der Waals surface area contributed by atoms with Gasteiger partial charge in [-0.2, -0.15) is 0 Å². The first-order valence-corrected chi connectivity index (χ1v) is 8.63. The van der Waals surface area contributed by atoms with E-state index in [9.17, 15) is 4.79 Å². The van der Waals surface area contributed by atoms with Crippen LogP contribution in [0.3, 0.4) is 0 Å². The van der Waals surface area contributed by atoms with Crippen molar-refractivity contribution in [3.05, 3.63) is 35.9 Å². The maximum Gasteiger partial charge on any atom is 0.221 e. The van der Waals surface area contributed by atoms with E-state index in [2.05, 4.69) is 29.0 Å². The van der Waals surface area contributed by atoms with Gasteiger partial charge >= 0.3 is 0 Å². The third-order valence-electron chi connectivity index (χ3n) is 4.71. The number of likely N-dealkylation sites (N-methyl/N-ethyl adjacent to an activating group) is 1. The minimum atomic E-state index is -0.236. The van der Waals surface area contributed by atoms with E-state index in [0.29, 0.717) is 19.0 Å². The van der Waals surface area contributed by atoms with Crippen molar-refractivity contribution < 1.29 is 4.79 Å². The lowest BCUT2D eigenvalue weighted by molar-refractivity contribution is -0.121. The second-order valence-corrected chi connectivity index (χ2v) is 6.34. The molecule has 128 valence electrons. The molecule has 0 aliphatic carbocycles. The first kappa shape index (κ1) is 17.9. The number of carbonyl (C=O) groups excluding carboxylic acids is 1. The molecule has 1 aromatic rings. The third-order valence-corrected chi connectivity index (χ3v) is 4.71. The number of nitrogens with one attached hydrogen (secondary N) is 1. The molecule has 0 saturated carbocycles. The van der Waals surface area contributed by atoms with Crippen LogP contribution < -0.4 is 11.1 Å². The van der Waals surface area contributed by atoms with Crippen molar-refractivity contribution in [2.24, 2.45) is 5.73 Å². The minimum absolute atomic E-state index is 0.0281. The van der Waals surface area contributed by atoms with Crippen molar-refractivity contribution in [3.8, 4) is 0 Å². The van der Waals surface area contributed by atoms with Gasteiger partial charge in [-0.15, -0.1) is 0 Å². The Morgan fingerprint density at radius 2 is 1.87 bits per heavy atom. The minimum Gasteiger partial charge on any atom is -0.354 e. The van der Waals surface area contributed by atoms with Gasteiger partial charge in [0, 0.05) is 51.2 Å². The second-order valence-electron chi connectivity index (χ2n) is 6.34. The molecule has 0 radical (unpaired) electrons. The summed E-state index contributed by atoms with van der Waals surface area (Å²) in [6.07, 6.45) is 0.334. The fraction of sp³-hybridized carbons (Fsp3) is 0.611. The predicted molar refractivity (Wildman–Crippen MR) is 94.1 cm³/mol. The van der Waals surface area contributed by atoms with Gasteiger partial charge in [0.15, 0.2) is 0 Å². The van der Waals surface area contributed by atoms with E-state index in [0.717, 1.165) is 38.3 Å². The molecule has 1 aliphatic heterocycles. The highest BCUT2D eigenvalue weighted by molar-refractivity contribution is 5.76. The number of carbonyl (C=O) groups is 1. The molecule has 5 heteroatoms. The van der Waals surface area contributed by atoms with E-state index in [4.69, 9.17) is 5.73 Å². The van der Waals surface area contributed by atoms with Crippen LogP contribution in [0.25, 0.3) is 0 Å². The highest BCUT2D eigenvalue weighted by Gasteiger charge is 2.20. The number of nitrogens with two attached hydrogens (primary N) is 1. The Morgan fingerprint density at radius 1 is 1.22 bits per heavy atom. The molecule has 1 aliphatic rings. The molecule has 23 heavy (non-hydrogen) atoms. The van der Waals surface area contributed by atoms with Gasteiger partial charge in [-0.05, 0) is 19.0 Å². The summed E-state index contributed by atoms with van der Waals surface area (Å²) < 4.78 is 0. The molecule has 1 saturated heterocycles. The van der Waals surface area contributed by atoms with Crippen molar-refractivity contribution in [1.29, 1.82) is 0 Å². The van der Waals surface area contributed by atoms with Gasteiger partial charge < -0.3 is 16.0 Å². The fourth-order valence-corrected chi connectivity index (χ4v) is 3.00. The number of piperazine rings is 1. The monoisotopic (exact) mass is 318 g/mol. The van der Waals surface area contributed by atoms with Crippen LogP contribution in [0.2, 0.25) is 0 Å². The lowest BCUT2D eigenvalue weighted by Crippen LogP contribution is -2.52. The molecule has 0 bridgehead atoms. The number of rotatable bonds is 7. The summed E-state index contributed by atoms with van der Waals surface area (Å²) in [6, 6.07) is 9.92. The third kappa shape index (κ3) is 5.61. The van der Waals surface area contributed by atoms with Gasteiger partial charge in [0.1, 0.15) is 0 Å². The molecule has 2 atom stereocenters. The van der Waals surface area contributed by atoms with Gasteiger partial charge in [-0.1, -0.05) is 37.3 Å². The number of benzene rings is 1. The van der Waals surface area contributed by atoms with Crippen molar-refractivity contribution in [3.63, 3.8) is 0 Å².